The molecule has 0 atom stereocenters. The molecule has 0 aliphatic carbocycles. The van der Waals surface area contributed by atoms with Crippen molar-refractivity contribution in [1.82, 2.24) is 19.5 Å². The first-order valence-corrected chi connectivity index (χ1v) is 9.12. The van der Waals surface area contributed by atoms with Crippen LogP contribution in [0, 0.1) is 6.92 Å². The van der Waals surface area contributed by atoms with Crippen LogP contribution in [0.2, 0.25) is 5.02 Å². The molecule has 0 spiro atoms. The Morgan fingerprint density at radius 3 is 2.68 bits per heavy atom. The van der Waals surface area contributed by atoms with Gasteiger partial charge in [0.25, 0.3) is 0 Å². The number of halogens is 1. The maximum absolute atomic E-state index is 12.3. The number of imidazole rings is 1. The molecule has 0 aliphatic heterocycles. The van der Waals surface area contributed by atoms with Crippen molar-refractivity contribution < 1.29 is 9.53 Å². The van der Waals surface area contributed by atoms with Crippen molar-refractivity contribution in [2.45, 2.75) is 20.1 Å². The van der Waals surface area contributed by atoms with Crippen LogP contribution in [-0.2, 0) is 17.9 Å². The lowest BCUT2D eigenvalue weighted by molar-refractivity contribution is 0.0451. The van der Waals surface area contributed by atoms with Gasteiger partial charge >= 0.3 is 5.97 Å². The Morgan fingerprint density at radius 2 is 1.93 bits per heavy atom. The lowest BCUT2D eigenvalue weighted by atomic mass is 10.2. The van der Waals surface area contributed by atoms with Gasteiger partial charge in [0.15, 0.2) is 5.69 Å². The number of fused-ring (bicyclic) bond motifs is 1. The number of hydrogen-bond acceptors (Lipinski definition) is 5. The third kappa shape index (κ3) is 3.87. The molecule has 4 rings (SSSR count). The molecule has 2 heterocycles. The van der Waals surface area contributed by atoms with E-state index in [1.807, 2.05) is 47.0 Å². The number of carbonyl (C=O) groups excluding carboxylic acids is 1. The van der Waals surface area contributed by atoms with E-state index in [0.29, 0.717) is 17.4 Å². The third-order valence-corrected chi connectivity index (χ3v) is 4.53. The monoisotopic (exact) mass is 392 g/mol. The minimum absolute atomic E-state index is 0.0214. The van der Waals surface area contributed by atoms with Gasteiger partial charge in [0.1, 0.15) is 12.4 Å². The Hall–Kier alpha value is -3.25. The Kier molecular flexibility index (Phi) is 5.04. The molecule has 0 aliphatic rings. The van der Waals surface area contributed by atoms with Gasteiger partial charge in [-0.05, 0) is 30.7 Å². The molecule has 4 aromatic rings. The summed E-state index contributed by atoms with van der Waals surface area (Å²) in [4.78, 5) is 25.0. The van der Waals surface area contributed by atoms with Gasteiger partial charge in [0.2, 0.25) is 0 Å². The summed E-state index contributed by atoms with van der Waals surface area (Å²) in [7, 11) is 0. The molecule has 6 nitrogen and oxygen atoms in total. The van der Waals surface area contributed by atoms with E-state index in [4.69, 9.17) is 16.3 Å². The fourth-order valence-electron chi connectivity index (χ4n) is 2.91. The zero-order valence-electron chi connectivity index (χ0n) is 15.2. The highest BCUT2D eigenvalue weighted by molar-refractivity contribution is 6.31. The van der Waals surface area contributed by atoms with Crippen LogP contribution in [0.1, 0.15) is 27.6 Å². The zero-order valence-corrected chi connectivity index (χ0v) is 15.9. The summed E-state index contributed by atoms with van der Waals surface area (Å²) < 4.78 is 7.46. The number of aryl methyl sites for hydroxylation is 1. The Morgan fingerprint density at radius 1 is 1.11 bits per heavy atom. The molecule has 7 heteroatoms. The Balaban J connectivity index is 1.62. The molecule has 28 heavy (non-hydrogen) atoms. The van der Waals surface area contributed by atoms with Crippen LogP contribution in [0.15, 0.2) is 60.9 Å². The summed E-state index contributed by atoms with van der Waals surface area (Å²) in [6.45, 7) is 2.43. The van der Waals surface area contributed by atoms with E-state index in [2.05, 4.69) is 15.0 Å². The Labute approximate surface area is 166 Å². The summed E-state index contributed by atoms with van der Waals surface area (Å²) in [5, 5.41) is 0.607. The summed E-state index contributed by atoms with van der Waals surface area (Å²) in [6.07, 6.45) is 2.94. The largest absolute Gasteiger partial charge is 0.453 e. The van der Waals surface area contributed by atoms with Gasteiger partial charge in [0, 0.05) is 17.8 Å². The molecule has 140 valence electrons. The maximum Gasteiger partial charge on any atom is 0.358 e. The van der Waals surface area contributed by atoms with Crippen molar-refractivity contribution in [3.63, 3.8) is 0 Å². The lowest BCUT2D eigenvalue weighted by Crippen LogP contribution is -2.12. The predicted octanol–water partition coefficient (Wildman–Crippen LogP) is 4.19. The lowest BCUT2D eigenvalue weighted by Gasteiger charge is -2.10. The van der Waals surface area contributed by atoms with E-state index < -0.39 is 5.97 Å². The zero-order chi connectivity index (χ0) is 19.5. The average Bonchev–Trinajstić information content (AvgIpc) is 3.04. The van der Waals surface area contributed by atoms with Gasteiger partial charge in [-0.1, -0.05) is 41.9 Å². The topological polar surface area (TPSA) is 69.9 Å². The first-order chi connectivity index (χ1) is 13.6. The van der Waals surface area contributed by atoms with E-state index in [0.717, 1.165) is 22.3 Å². The molecular weight excluding hydrogens is 376 g/mol. The normalized spacial score (nSPS) is 10.9. The number of carbonyl (C=O) groups is 1. The molecule has 0 N–H and O–H groups in total. The second kappa shape index (κ2) is 7.78. The highest BCUT2D eigenvalue weighted by Gasteiger charge is 2.15. The first-order valence-electron chi connectivity index (χ1n) is 8.74. The third-order valence-electron chi connectivity index (χ3n) is 4.30. The van der Waals surface area contributed by atoms with Crippen molar-refractivity contribution >= 4 is 28.6 Å². The number of benzene rings is 2. The van der Waals surface area contributed by atoms with Crippen LogP contribution in [0.3, 0.4) is 0 Å². The summed E-state index contributed by atoms with van der Waals surface area (Å²) in [6, 6.07) is 15.6. The molecule has 2 aromatic carbocycles. The van der Waals surface area contributed by atoms with Gasteiger partial charge < -0.3 is 9.30 Å². The van der Waals surface area contributed by atoms with Crippen molar-refractivity contribution in [3.05, 3.63) is 88.7 Å². The van der Waals surface area contributed by atoms with Crippen LogP contribution in [-0.4, -0.2) is 25.5 Å². The van der Waals surface area contributed by atoms with Gasteiger partial charge in [-0.2, -0.15) is 0 Å². The van der Waals surface area contributed by atoms with E-state index in [1.54, 1.807) is 13.0 Å². The van der Waals surface area contributed by atoms with Crippen LogP contribution in [0.4, 0.5) is 0 Å². The van der Waals surface area contributed by atoms with Crippen molar-refractivity contribution in [2.24, 2.45) is 0 Å². The highest BCUT2D eigenvalue weighted by Crippen LogP contribution is 2.22. The van der Waals surface area contributed by atoms with Gasteiger partial charge in [-0.3, -0.25) is 4.98 Å². The average molecular weight is 393 g/mol. The number of aromatic nitrogens is 4. The smallest absolute Gasteiger partial charge is 0.358 e. The molecule has 0 unspecified atom stereocenters. The number of hydrogen-bond donors (Lipinski definition) is 0. The minimum Gasteiger partial charge on any atom is -0.453 e. The first kappa shape index (κ1) is 18.1. The summed E-state index contributed by atoms with van der Waals surface area (Å²) in [5.41, 5.74) is 3.70. The quantitative estimate of drug-likeness (QED) is 0.476. The number of nitrogens with zero attached hydrogens (tertiary/aromatic N) is 4. The summed E-state index contributed by atoms with van der Waals surface area (Å²) in [5.74, 6) is 0.0957. The van der Waals surface area contributed by atoms with E-state index in [1.165, 1.54) is 12.4 Å². The van der Waals surface area contributed by atoms with E-state index >= 15 is 0 Å². The molecule has 0 saturated carbocycles. The molecule has 0 radical (unpaired) electrons. The number of ether oxygens (including phenoxy) is 1. The van der Waals surface area contributed by atoms with Crippen LogP contribution >= 0.6 is 11.6 Å². The highest BCUT2D eigenvalue weighted by atomic mass is 35.5. The van der Waals surface area contributed by atoms with Crippen molar-refractivity contribution in [1.29, 1.82) is 0 Å². The molecular formula is C21H17ClN4O2. The molecule has 0 fully saturated rings. The van der Waals surface area contributed by atoms with E-state index in [-0.39, 0.29) is 12.3 Å². The van der Waals surface area contributed by atoms with Crippen LogP contribution < -0.4 is 0 Å². The maximum atomic E-state index is 12.3. The van der Waals surface area contributed by atoms with Crippen LogP contribution in [0.5, 0.6) is 0 Å². The Bertz CT molecular complexity index is 1120. The van der Waals surface area contributed by atoms with Crippen molar-refractivity contribution in [2.75, 3.05) is 0 Å². The van der Waals surface area contributed by atoms with Gasteiger partial charge in [-0.25, -0.2) is 14.8 Å². The molecule has 0 bridgehead atoms. The standard InChI is InChI=1S/C21H17ClN4O2/c1-14-10-24-18(11-23-14)21(27)28-13-20-25-17-9-16(22)7-8-19(17)26(20)12-15-5-3-2-4-6-15/h2-11H,12-13H2,1H3. The molecule has 0 saturated heterocycles. The number of rotatable bonds is 5. The van der Waals surface area contributed by atoms with Crippen LogP contribution in [0.25, 0.3) is 11.0 Å². The minimum atomic E-state index is -0.538. The molecule has 0 amide bonds. The predicted molar refractivity (Wildman–Crippen MR) is 106 cm³/mol. The van der Waals surface area contributed by atoms with Gasteiger partial charge in [0.05, 0.1) is 22.9 Å². The fraction of sp³-hybridized carbons (Fsp3) is 0.143. The number of esters is 1. The van der Waals surface area contributed by atoms with Gasteiger partial charge in [-0.15, -0.1) is 0 Å². The van der Waals surface area contributed by atoms with E-state index in [9.17, 15) is 4.79 Å². The second-order valence-electron chi connectivity index (χ2n) is 6.35. The molecule has 2 aromatic heterocycles. The second-order valence-corrected chi connectivity index (χ2v) is 6.79. The summed E-state index contributed by atoms with van der Waals surface area (Å²) >= 11 is 6.11. The fourth-order valence-corrected chi connectivity index (χ4v) is 3.07. The SMILES string of the molecule is Cc1cnc(C(=O)OCc2nc3cc(Cl)ccc3n2Cc2ccccc2)cn1. The van der Waals surface area contributed by atoms with Crippen molar-refractivity contribution in [3.8, 4) is 0 Å².